The zero-order valence-corrected chi connectivity index (χ0v) is 35.4. The van der Waals surface area contributed by atoms with Crippen LogP contribution >= 0.6 is 11.3 Å². The van der Waals surface area contributed by atoms with E-state index in [0.717, 1.165) is 45.8 Å². The summed E-state index contributed by atoms with van der Waals surface area (Å²) in [4.78, 5) is 37.1. The Hall–Kier alpha value is -5.68. The van der Waals surface area contributed by atoms with Gasteiger partial charge < -0.3 is 39.0 Å². The van der Waals surface area contributed by atoms with Gasteiger partial charge in [-0.25, -0.2) is 4.98 Å². The molecular formula is C45H50N8O7S. The van der Waals surface area contributed by atoms with Gasteiger partial charge in [0.05, 0.1) is 58.7 Å². The quantitative estimate of drug-likeness (QED) is 0.119. The van der Waals surface area contributed by atoms with E-state index in [9.17, 15) is 19.8 Å². The first-order valence-electron chi connectivity index (χ1n) is 20.9. The number of aromatic hydroxyl groups is 1. The number of likely N-dealkylation sites (tertiary alicyclic amines) is 2. The molecule has 6 aromatic rings. The monoisotopic (exact) mass is 846 g/mol. The van der Waals surface area contributed by atoms with Crippen molar-refractivity contribution in [2.45, 2.75) is 70.2 Å². The Morgan fingerprint density at radius 1 is 1.02 bits per heavy atom. The van der Waals surface area contributed by atoms with Crippen LogP contribution in [0.1, 0.15) is 73.8 Å². The molecule has 4 atom stereocenters. The molecule has 318 valence electrons. The van der Waals surface area contributed by atoms with E-state index in [1.54, 1.807) is 29.5 Å². The Kier molecular flexibility index (Phi) is 11.3. The predicted molar refractivity (Wildman–Crippen MR) is 228 cm³/mol. The van der Waals surface area contributed by atoms with Gasteiger partial charge in [-0.05, 0) is 60.3 Å². The number of benzene rings is 2. The van der Waals surface area contributed by atoms with Gasteiger partial charge in [0.25, 0.3) is 5.88 Å². The van der Waals surface area contributed by atoms with Gasteiger partial charge in [-0.15, -0.1) is 21.5 Å². The summed E-state index contributed by atoms with van der Waals surface area (Å²) in [5.41, 5.74) is 9.06. The second kappa shape index (κ2) is 17.0. The summed E-state index contributed by atoms with van der Waals surface area (Å²) >= 11 is 1.59. The summed E-state index contributed by atoms with van der Waals surface area (Å²) in [6, 6.07) is 20.0. The second-order valence-electron chi connectivity index (χ2n) is 16.8. The Morgan fingerprint density at radius 3 is 2.51 bits per heavy atom. The minimum Gasteiger partial charge on any atom is -0.507 e. The Bertz CT molecular complexity index is 2520. The van der Waals surface area contributed by atoms with Crippen LogP contribution in [0.4, 0.5) is 0 Å². The molecule has 3 saturated heterocycles. The number of hydrogen-bond donors (Lipinski definition) is 3. The van der Waals surface area contributed by atoms with Crippen LogP contribution in [0, 0.1) is 12.8 Å². The molecule has 3 N–H and O–H groups in total. The van der Waals surface area contributed by atoms with Crippen molar-refractivity contribution in [3.05, 3.63) is 95.0 Å². The highest BCUT2D eigenvalue weighted by atomic mass is 32.1. The first-order chi connectivity index (χ1) is 29.5. The first-order valence-corrected chi connectivity index (χ1v) is 21.8. The number of β-amino-alcohol motifs (C(OH)–C–C–N with tert-alkyl or cyclic N) is 1. The van der Waals surface area contributed by atoms with Crippen molar-refractivity contribution in [3.8, 4) is 33.3 Å². The first kappa shape index (κ1) is 40.7. The van der Waals surface area contributed by atoms with E-state index in [-0.39, 0.29) is 54.4 Å². The van der Waals surface area contributed by atoms with Gasteiger partial charge in [-0.2, -0.15) is 0 Å². The van der Waals surface area contributed by atoms with Gasteiger partial charge in [0.15, 0.2) is 5.76 Å². The fourth-order valence-electron chi connectivity index (χ4n) is 8.77. The van der Waals surface area contributed by atoms with Crippen molar-refractivity contribution >= 4 is 34.2 Å². The van der Waals surface area contributed by atoms with Crippen LogP contribution in [0.25, 0.3) is 32.7 Å². The molecule has 0 radical (unpaired) electrons. The maximum Gasteiger partial charge on any atom is 0.254 e. The van der Waals surface area contributed by atoms with Crippen molar-refractivity contribution in [1.29, 1.82) is 0 Å². The van der Waals surface area contributed by atoms with Crippen LogP contribution in [0.2, 0.25) is 0 Å². The van der Waals surface area contributed by atoms with E-state index in [1.165, 1.54) is 10.6 Å². The van der Waals surface area contributed by atoms with Crippen LogP contribution < -0.4 is 10.1 Å². The Balaban J connectivity index is 0.801. The van der Waals surface area contributed by atoms with Gasteiger partial charge in [0, 0.05) is 55.8 Å². The number of phenols is 1. The van der Waals surface area contributed by atoms with Gasteiger partial charge in [0.2, 0.25) is 11.8 Å². The lowest BCUT2D eigenvalue weighted by Crippen LogP contribution is -2.48. The number of nitrogens with zero attached hydrogens (tertiary/aromatic N) is 7. The van der Waals surface area contributed by atoms with Crippen LogP contribution in [-0.2, 0) is 14.3 Å². The smallest absolute Gasteiger partial charge is 0.254 e. The Labute approximate surface area is 357 Å². The molecule has 0 bridgehead atoms. The normalized spacial score (nSPS) is 19.5. The molecule has 4 aromatic heterocycles. The predicted octanol–water partition coefficient (Wildman–Crippen LogP) is 5.85. The molecule has 0 spiro atoms. The fourth-order valence-corrected chi connectivity index (χ4v) is 9.58. The third kappa shape index (κ3) is 8.12. The number of fused-ring (bicyclic) bond motifs is 1. The standard InChI is InChI=1S/C45H50N8O7S/c1-25(2)42(45(57)52-21-32(54)15-38(52)44(56)47-26(3)28-9-11-29(12-10-28)43-27(4)46-24-61-43)40-18-41(50-60-40)59-14-13-51-19-30(20-51)36-17-35-37(53(36)31-22-58-23-31)16-34(48-49-35)33-7-5-6-8-39(33)55/h5-12,16-18,24-26,30-32,38,42,54-55H,13-15,19-23H2,1-4H3,(H,47,56)/t26-,32+,38-,42+/m0/s1. The maximum absolute atomic E-state index is 14.2. The topological polar surface area (TPSA) is 181 Å². The van der Waals surface area contributed by atoms with Crippen molar-refractivity contribution in [2.75, 3.05) is 46.0 Å². The average molecular weight is 847 g/mol. The number of phenolic OH excluding ortho intramolecular Hbond substituents is 1. The molecule has 0 unspecified atom stereocenters. The Morgan fingerprint density at radius 2 is 1.80 bits per heavy atom. The number of ether oxygens (including phenoxy) is 2. The number of aryl methyl sites for hydroxylation is 1. The lowest BCUT2D eigenvalue weighted by molar-refractivity contribution is -0.141. The molecule has 3 aliphatic rings. The zero-order chi connectivity index (χ0) is 42.4. The van der Waals surface area contributed by atoms with E-state index in [2.05, 4.69) is 41.2 Å². The number of nitrogens with one attached hydrogen (secondary N) is 1. The zero-order valence-electron chi connectivity index (χ0n) is 34.6. The molecule has 16 heteroatoms. The van der Waals surface area contributed by atoms with E-state index in [1.807, 2.05) is 75.7 Å². The minimum absolute atomic E-state index is 0.0492. The van der Waals surface area contributed by atoms with E-state index in [0.29, 0.717) is 49.3 Å². The number of para-hydroxylation sites is 1. The van der Waals surface area contributed by atoms with Crippen LogP contribution in [0.5, 0.6) is 11.6 Å². The number of aromatic nitrogens is 5. The number of aliphatic hydroxyl groups excluding tert-OH is 1. The fraction of sp³-hybridized carbons (Fsp3) is 0.422. The molecule has 2 amide bonds. The lowest BCUT2D eigenvalue weighted by Gasteiger charge is -2.41. The van der Waals surface area contributed by atoms with Crippen LogP contribution in [-0.4, -0.2) is 115 Å². The number of amides is 2. The number of aliphatic hydroxyl groups is 1. The van der Waals surface area contributed by atoms with Crippen LogP contribution in [0.15, 0.2) is 76.8 Å². The number of carbonyl (C=O) groups excluding carboxylic acids is 2. The summed E-state index contributed by atoms with van der Waals surface area (Å²) in [6.45, 7) is 11.8. The summed E-state index contributed by atoms with van der Waals surface area (Å²) < 4.78 is 19.7. The summed E-state index contributed by atoms with van der Waals surface area (Å²) in [7, 11) is 0. The van der Waals surface area contributed by atoms with E-state index < -0.39 is 18.1 Å². The molecule has 15 nitrogen and oxygen atoms in total. The van der Waals surface area contributed by atoms with Crippen molar-refractivity contribution in [3.63, 3.8) is 0 Å². The summed E-state index contributed by atoms with van der Waals surface area (Å²) in [5.74, 6) is -0.430. The SMILES string of the molecule is Cc1ncsc1-c1ccc([C@H](C)NC(=O)[C@@H]2C[C@@H](O)CN2C(=O)[C@@H](c2cc(OCCN3CC(c4cc5nnc(-c6ccccc6O)cc5n4C4COC4)C3)no2)C(C)C)cc1. The second-order valence-corrected chi connectivity index (χ2v) is 17.6. The minimum atomic E-state index is -0.832. The maximum atomic E-state index is 14.2. The summed E-state index contributed by atoms with van der Waals surface area (Å²) in [6.07, 6.45) is -0.682. The average Bonchev–Trinajstić information content (AvgIpc) is 4.02. The van der Waals surface area contributed by atoms with Crippen LogP contribution in [0.3, 0.4) is 0 Å². The number of thiazole rings is 1. The highest BCUT2D eigenvalue weighted by Gasteiger charge is 2.44. The van der Waals surface area contributed by atoms with Crippen molar-refractivity contribution < 1.29 is 33.8 Å². The van der Waals surface area contributed by atoms with Gasteiger partial charge in [-0.1, -0.05) is 50.2 Å². The highest BCUT2D eigenvalue weighted by Crippen LogP contribution is 2.38. The third-order valence-corrected chi connectivity index (χ3v) is 13.2. The number of rotatable bonds is 14. The van der Waals surface area contributed by atoms with E-state index >= 15 is 0 Å². The molecule has 0 saturated carbocycles. The molecule has 3 aliphatic heterocycles. The molecule has 3 fully saturated rings. The largest absolute Gasteiger partial charge is 0.507 e. The van der Waals surface area contributed by atoms with Crippen molar-refractivity contribution in [2.24, 2.45) is 5.92 Å². The van der Waals surface area contributed by atoms with Gasteiger partial charge in [-0.3, -0.25) is 14.5 Å². The molecule has 9 rings (SSSR count). The molecular weight excluding hydrogens is 797 g/mol. The van der Waals surface area contributed by atoms with Crippen molar-refractivity contribution in [1.82, 2.24) is 40.0 Å². The van der Waals surface area contributed by atoms with E-state index in [4.69, 9.17) is 14.0 Å². The molecule has 7 heterocycles. The third-order valence-electron chi connectivity index (χ3n) is 12.2. The molecule has 0 aliphatic carbocycles. The number of carbonyl (C=O) groups is 2. The molecule has 61 heavy (non-hydrogen) atoms. The summed E-state index contributed by atoms with van der Waals surface area (Å²) in [5, 5.41) is 37.3. The highest BCUT2D eigenvalue weighted by molar-refractivity contribution is 7.13. The van der Waals surface area contributed by atoms with Gasteiger partial charge in [0.1, 0.15) is 29.8 Å². The number of hydrogen-bond acceptors (Lipinski definition) is 13. The lowest BCUT2D eigenvalue weighted by atomic mass is 9.91. The van der Waals surface area contributed by atoms with Gasteiger partial charge >= 0.3 is 0 Å². The molecule has 2 aromatic carbocycles.